The summed E-state index contributed by atoms with van der Waals surface area (Å²) < 4.78 is 5.25. The minimum Gasteiger partial charge on any atom is -0.497 e. The summed E-state index contributed by atoms with van der Waals surface area (Å²) in [6, 6.07) is 13.2. The number of likely N-dealkylation sites (tertiary alicyclic amines) is 1. The Balaban J connectivity index is 1.36. The SMILES string of the molecule is CN=C(c1ccc(C#CC2(CN3Cc4ccc(OC)cc4C3=O)NC(O)NC2=O)cc1)C1CCN(C)CC1. The van der Waals surface area contributed by atoms with E-state index in [4.69, 9.17) is 4.74 Å². The summed E-state index contributed by atoms with van der Waals surface area (Å²) in [4.78, 5) is 34.6. The van der Waals surface area contributed by atoms with Gasteiger partial charge in [-0.25, -0.2) is 5.32 Å². The van der Waals surface area contributed by atoms with E-state index in [1.165, 1.54) is 0 Å². The van der Waals surface area contributed by atoms with Gasteiger partial charge in [0.2, 0.25) is 0 Å². The van der Waals surface area contributed by atoms with Crippen LogP contribution in [0.25, 0.3) is 0 Å². The fourth-order valence-electron chi connectivity index (χ4n) is 5.45. The lowest BCUT2D eigenvalue weighted by atomic mass is 9.88. The van der Waals surface area contributed by atoms with E-state index in [1.54, 1.807) is 24.1 Å². The van der Waals surface area contributed by atoms with Crippen LogP contribution in [0.1, 0.15) is 39.9 Å². The smallest absolute Gasteiger partial charge is 0.257 e. The Morgan fingerprint density at radius 2 is 1.92 bits per heavy atom. The van der Waals surface area contributed by atoms with E-state index < -0.39 is 17.8 Å². The van der Waals surface area contributed by atoms with Crippen LogP contribution in [0, 0.1) is 17.8 Å². The molecule has 3 N–H and O–H groups in total. The topological polar surface area (TPSA) is 106 Å². The second-order valence-corrected chi connectivity index (χ2v) is 10.1. The van der Waals surface area contributed by atoms with Crippen LogP contribution in [-0.2, 0) is 11.3 Å². The standard InChI is InChI=1S/C29H33N5O4/c1-30-25(21-11-14-33(2)15-12-21)20-6-4-19(5-7-20)10-13-29(27(36)31-28(37)32-29)18-34-17-22-8-9-23(38-3)16-24(22)26(34)35/h4-9,16,21,28,32,37H,11-12,14-15,17-18H2,1-3H3,(H,31,36). The quantitative estimate of drug-likeness (QED) is 0.408. The summed E-state index contributed by atoms with van der Waals surface area (Å²) >= 11 is 0. The van der Waals surface area contributed by atoms with E-state index in [2.05, 4.69) is 39.4 Å². The van der Waals surface area contributed by atoms with Crippen molar-refractivity contribution in [3.63, 3.8) is 0 Å². The molecule has 0 aromatic heterocycles. The normalized spacial score (nSPS) is 24.2. The number of piperidine rings is 1. The lowest BCUT2D eigenvalue weighted by Gasteiger charge is -2.30. The molecule has 5 rings (SSSR count). The molecule has 3 aliphatic heterocycles. The lowest BCUT2D eigenvalue weighted by Crippen LogP contribution is -2.54. The molecule has 0 bridgehead atoms. The molecule has 2 unspecified atom stereocenters. The highest BCUT2D eigenvalue weighted by Gasteiger charge is 2.48. The number of aliphatic hydroxyl groups is 1. The first-order chi connectivity index (χ1) is 18.3. The molecule has 0 saturated carbocycles. The van der Waals surface area contributed by atoms with Crippen molar-refractivity contribution in [2.45, 2.75) is 31.3 Å². The van der Waals surface area contributed by atoms with Gasteiger partial charge in [-0.3, -0.25) is 14.6 Å². The predicted octanol–water partition coefficient (Wildman–Crippen LogP) is 1.20. The Hall–Kier alpha value is -3.71. The van der Waals surface area contributed by atoms with Crippen molar-refractivity contribution in [2.24, 2.45) is 10.9 Å². The maximum Gasteiger partial charge on any atom is 0.257 e. The van der Waals surface area contributed by atoms with Gasteiger partial charge in [-0.1, -0.05) is 30.0 Å². The van der Waals surface area contributed by atoms with Crippen LogP contribution in [0.2, 0.25) is 0 Å². The van der Waals surface area contributed by atoms with Gasteiger partial charge in [-0.15, -0.1) is 0 Å². The fourth-order valence-corrected chi connectivity index (χ4v) is 5.45. The highest BCUT2D eigenvalue weighted by molar-refractivity contribution is 6.02. The number of nitrogens with one attached hydrogen (secondary N) is 2. The Kier molecular flexibility index (Phi) is 7.21. The molecule has 9 nitrogen and oxygen atoms in total. The molecular weight excluding hydrogens is 482 g/mol. The third kappa shape index (κ3) is 5.03. The molecule has 9 heteroatoms. The number of aliphatic hydroxyl groups excluding tert-OH is 1. The summed E-state index contributed by atoms with van der Waals surface area (Å²) in [6.45, 7) is 2.46. The number of amides is 2. The number of hydrogen-bond donors (Lipinski definition) is 3. The van der Waals surface area contributed by atoms with Crippen molar-refractivity contribution in [3.8, 4) is 17.6 Å². The first-order valence-electron chi connectivity index (χ1n) is 12.8. The molecule has 198 valence electrons. The van der Waals surface area contributed by atoms with Crippen molar-refractivity contribution < 1.29 is 19.4 Å². The molecule has 0 spiro atoms. The number of fused-ring (bicyclic) bond motifs is 1. The van der Waals surface area contributed by atoms with Crippen LogP contribution >= 0.6 is 0 Å². The summed E-state index contributed by atoms with van der Waals surface area (Å²) in [5.74, 6) is 6.47. The van der Waals surface area contributed by atoms with Gasteiger partial charge in [0.05, 0.1) is 13.7 Å². The number of aliphatic imine (C=N–C) groups is 1. The molecule has 2 amide bonds. The first kappa shape index (κ1) is 25.9. The summed E-state index contributed by atoms with van der Waals surface area (Å²) in [5, 5.41) is 15.5. The van der Waals surface area contributed by atoms with Gasteiger partial charge in [0.1, 0.15) is 5.75 Å². The predicted molar refractivity (Wildman–Crippen MR) is 144 cm³/mol. The largest absolute Gasteiger partial charge is 0.497 e. The van der Waals surface area contributed by atoms with E-state index in [-0.39, 0.29) is 12.5 Å². The number of rotatable bonds is 5. The van der Waals surface area contributed by atoms with Crippen LogP contribution < -0.4 is 15.4 Å². The van der Waals surface area contributed by atoms with Crippen LogP contribution in [0.5, 0.6) is 5.75 Å². The van der Waals surface area contributed by atoms with Crippen LogP contribution in [0.15, 0.2) is 47.5 Å². The maximum atomic E-state index is 13.1. The fraction of sp³-hybridized carbons (Fsp3) is 0.414. The van der Waals surface area contributed by atoms with Crippen molar-refractivity contribution in [1.82, 2.24) is 20.4 Å². The lowest BCUT2D eigenvalue weighted by molar-refractivity contribution is -0.123. The number of hydrogen-bond acceptors (Lipinski definition) is 7. The van der Waals surface area contributed by atoms with Crippen molar-refractivity contribution >= 4 is 17.5 Å². The van der Waals surface area contributed by atoms with Crippen molar-refractivity contribution in [3.05, 3.63) is 64.7 Å². The number of benzene rings is 2. The van der Waals surface area contributed by atoms with Gasteiger partial charge in [-0.2, -0.15) is 0 Å². The highest BCUT2D eigenvalue weighted by atomic mass is 16.5. The van der Waals surface area contributed by atoms with Crippen LogP contribution in [-0.4, -0.2) is 85.2 Å². The second kappa shape index (κ2) is 10.6. The molecule has 0 aliphatic carbocycles. The molecule has 38 heavy (non-hydrogen) atoms. The minimum atomic E-state index is -1.45. The average Bonchev–Trinajstić information content (AvgIpc) is 3.38. The van der Waals surface area contributed by atoms with Gasteiger partial charge < -0.3 is 25.0 Å². The molecule has 2 atom stereocenters. The molecule has 2 saturated heterocycles. The summed E-state index contributed by atoms with van der Waals surface area (Å²) in [7, 11) is 5.54. The molecule has 2 aromatic carbocycles. The summed E-state index contributed by atoms with van der Waals surface area (Å²) in [6.07, 6.45) is 0.919. The Bertz CT molecular complexity index is 1320. The number of carbonyl (C=O) groups excluding carboxylic acids is 2. The molecule has 3 aliphatic rings. The molecular formula is C29H33N5O4. The van der Waals surface area contributed by atoms with E-state index in [1.807, 2.05) is 37.4 Å². The van der Waals surface area contributed by atoms with Gasteiger partial charge in [0.15, 0.2) is 11.9 Å². The highest BCUT2D eigenvalue weighted by Crippen LogP contribution is 2.29. The second-order valence-electron chi connectivity index (χ2n) is 10.1. The number of carbonyl (C=O) groups is 2. The monoisotopic (exact) mass is 515 g/mol. The number of ether oxygens (including phenoxy) is 1. The van der Waals surface area contributed by atoms with E-state index >= 15 is 0 Å². The zero-order valence-electron chi connectivity index (χ0n) is 22.0. The van der Waals surface area contributed by atoms with Gasteiger partial charge in [0.25, 0.3) is 11.8 Å². The zero-order chi connectivity index (χ0) is 26.9. The van der Waals surface area contributed by atoms with Gasteiger partial charge in [0, 0.05) is 36.3 Å². The maximum absolute atomic E-state index is 13.1. The zero-order valence-corrected chi connectivity index (χ0v) is 22.0. The number of methoxy groups -OCH3 is 1. The third-order valence-corrected chi connectivity index (χ3v) is 7.61. The average molecular weight is 516 g/mol. The summed E-state index contributed by atoms with van der Waals surface area (Å²) in [5.41, 5.74) is 2.85. The number of nitrogens with zero attached hydrogens (tertiary/aromatic N) is 3. The van der Waals surface area contributed by atoms with E-state index in [9.17, 15) is 14.7 Å². The molecule has 0 radical (unpaired) electrons. The van der Waals surface area contributed by atoms with Gasteiger partial charge in [-0.05, 0) is 68.4 Å². The van der Waals surface area contributed by atoms with E-state index in [0.29, 0.717) is 23.8 Å². The van der Waals surface area contributed by atoms with Gasteiger partial charge >= 0.3 is 0 Å². The Morgan fingerprint density at radius 3 is 2.55 bits per heavy atom. The van der Waals surface area contributed by atoms with Crippen molar-refractivity contribution in [1.29, 1.82) is 0 Å². The molecule has 3 heterocycles. The third-order valence-electron chi connectivity index (χ3n) is 7.61. The minimum absolute atomic E-state index is 0.0143. The molecule has 2 fully saturated rings. The van der Waals surface area contributed by atoms with Crippen LogP contribution in [0.4, 0.5) is 0 Å². The van der Waals surface area contributed by atoms with E-state index in [0.717, 1.165) is 48.3 Å². The molecule has 2 aromatic rings. The Labute approximate surface area is 222 Å². The first-order valence-corrected chi connectivity index (χ1v) is 12.8. The Morgan fingerprint density at radius 1 is 1.18 bits per heavy atom. The van der Waals surface area contributed by atoms with Crippen molar-refractivity contribution in [2.75, 3.05) is 40.8 Å². The van der Waals surface area contributed by atoms with Crippen LogP contribution in [0.3, 0.4) is 0 Å².